The second-order valence-corrected chi connectivity index (χ2v) is 8.18. The first-order valence-corrected chi connectivity index (χ1v) is 11.1. The Morgan fingerprint density at radius 3 is 2.83 bits per heavy atom. The van der Waals surface area contributed by atoms with Gasteiger partial charge in [0.05, 0.1) is 6.54 Å². The number of guanidine groups is 1. The lowest BCUT2D eigenvalue weighted by atomic mass is 9.95. The van der Waals surface area contributed by atoms with Crippen LogP contribution < -0.4 is 15.8 Å². The first kappa shape index (κ1) is 24.7. The molecular formula is C22H36IN5O2. The summed E-state index contributed by atoms with van der Waals surface area (Å²) in [5.74, 6) is 1.69. The number of pyridine rings is 1. The van der Waals surface area contributed by atoms with Gasteiger partial charge in [-0.2, -0.15) is 0 Å². The molecule has 2 heterocycles. The first-order valence-electron chi connectivity index (χ1n) is 11.1. The molecule has 0 radical (unpaired) electrons. The highest BCUT2D eigenvalue weighted by Gasteiger charge is 2.23. The highest BCUT2D eigenvalue weighted by Crippen LogP contribution is 2.23. The van der Waals surface area contributed by atoms with Gasteiger partial charge in [-0.15, -0.1) is 24.0 Å². The molecule has 0 spiro atoms. The van der Waals surface area contributed by atoms with Crippen molar-refractivity contribution in [3.63, 3.8) is 0 Å². The van der Waals surface area contributed by atoms with E-state index >= 15 is 0 Å². The van der Waals surface area contributed by atoms with Crippen molar-refractivity contribution in [1.29, 1.82) is 0 Å². The number of nitrogens with zero attached hydrogens (tertiary/aromatic N) is 3. The number of hydrogen-bond donors (Lipinski definition) is 2. The number of ether oxygens (including phenoxy) is 1. The average Bonchev–Trinajstić information content (AvgIpc) is 2.72. The molecule has 1 aromatic heterocycles. The number of piperidine rings is 1. The van der Waals surface area contributed by atoms with E-state index in [1.54, 1.807) is 6.20 Å². The van der Waals surface area contributed by atoms with Gasteiger partial charge in [-0.1, -0.05) is 6.42 Å². The largest absolute Gasteiger partial charge is 0.474 e. The molecule has 1 saturated carbocycles. The van der Waals surface area contributed by atoms with Gasteiger partial charge < -0.3 is 20.7 Å². The number of hydrogen-bond acceptors (Lipinski definition) is 4. The van der Waals surface area contributed by atoms with Crippen LogP contribution in [0.15, 0.2) is 23.3 Å². The molecule has 0 bridgehead atoms. The SMILES string of the molecule is CCNC(=NCc1ccnc(OC2CCCCC2)c1)N1CCCC(CC(N)=O)C1.I. The number of primary amides is 1. The second kappa shape index (κ2) is 13.0. The van der Waals surface area contributed by atoms with E-state index in [1.165, 1.54) is 19.3 Å². The van der Waals surface area contributed by atoms with Crippen LogP contribution in [0.1, 0.15) is 63.9 Å². The Morgan fingerprint density at radius 2 is 2.10 bits per heavy atom. The van der Waals surface area contributed by atoms with E-state index in [9.17, 15) is 4.79 Å². The van der Waals surface area contributed by atoms with Crippen molar-refractivity contribution < 1.29 is 9.53 Å². The van der Waals surface area contributed by atoms with Crippen molar-refractivity contribution in [3.05, 3.63) is 23.9 Å². The third-order valence-corrected chi connectivity index (χ3v) is 5.69. The molecule has 1 atom stereocenters. The summed E-state index contributed by atoms with van der Waals surface area (Å²) >= 11 is 0. The quantitative estimate of drug-likeness (QED) is 0.321. The second-order valence-electron chi connectivity index (χ2n) is 8.18. The van der Waals surface area contributed by atoms with E-state index in [4.69, 9.17) is 15.5 Å². The van der Waals surface area contributed by atoms with Crippen LogP contribution in [-0.4, -0.2) is 47.5 Å². The van der Waals surface area contributed by atoms with Gasteiger partial charge in [0, 0.05) is 38.3 Å². The molecule has 1 aliphatic heterocycles. The Morgan fingerprint density at radius 1 is 1.30 bits per heavy atom. The summed E-state index contributed by atoms with van der Waals surface area (Å²) < 4.78 is 6.09. The molecule has 2 fully saturated rings. The van der Waals surface area contributed by atoms with Gasteiger partial charge in [0.2, 0.25) is 11.8 Å². The molecule has 1 saturated heterocycles. The Labute approximate surface area is 197 Å². The number of amides is 1. The highest BCUT2D eigenvalue weighted by molar-refractivity contribution is 14.0. The zero-order chi connectivity index (χ0) is 20.5. The van der Waals surface area contributed by atoms with Crippen molar-refractivity contribution in [3.8, 4) is 5.88 Å². The number of aliphatic imine (C=N–C) groups is 1. The van der Waals surface area contributed by atoms with E-state index in [0.29, 0.717) is 30.9 Å². The normalized spacial score (nSPS) is 20.4. The van der Waals surface area contributed by atoms with Crippen molar-refractivity contribution >= 4 is 35.8 Å². The van der Waals surface area contributed by atoms with Crippen LogP contribution in [0.3, 0.4) is 0 Å². The lowest BCUT2D eigenvalue weighted by Gasteiger charge is -2.34. The molecule has 30 heavy (non-hydrogen) atoms. The molecule has 8 heteroatoms. The summed E-state index contributed by atoms with van der Waals surface area (Å²) in [6.07, 6.45) is 10.7. The van der Waals surface area contributed by atoms with E-state index in [-0.39, 0.29) is 29.9 Å². The third kappa shape index (κ3) is 7.92. The van der Waals surface area contributed by atoms with Gasteiger partial charge in [0.1, 0.15) is 6.10 Å². The minimum Gasteiger partial charge on any atom is -0.474 e. The third-order valence-electron chi connectivity index (χ3n) is 5.69. The first-order chi connectivity index (χ1) is 14.1. The maximum atomic E-state index is 11.3. The topological polar surface area (TPSA) is 92.8 Å². The number of likely N-dealkylation sites (tertiary alicyclic amines) is 1. The fourth-order valence-electron chi connectivity index (χ4n) is 4.27. The molecule has 3 rings (SSSR count). The minimum absolute atomic E-state index is 0. The molecule has 168 valence electrons. The Bertz CT molecular complexity index is 694. The predicted molar refractivity (Wildman–Crippen MR) is 130 cm³/mol. The Hall–Kier alpha value is -1.58. The van der Waals surface area contributed by atoms with Crippen molar-refractivity contribution in [2.45, 2.75) is 70.9 Å². The molecular weight excluding hydrogens is 493 g/mol. The molecule has 1 amide bonds. The lowest BCUT2D eigenvalue weighted by molar-refractivity contribution is -0.119. The van der Waals surface area contributed by atoms with Gasteiger partial charge in [0.15, 0.2) is 5.96 Å². The minimum atomic E-state index is -0.221. The number of nitrogens with two attached hydrogens (primary N) is 1. The van der Waals surface area contributed by atoms with Crippen LogP contribution in [0.5, 0.6) is 5.88 Å². The smallest absolute Gasteiger partial charge is 0.217 e. The van der Waals surface area contributed by atoms with Crippen LogP contribution in [-0.2, 0) is 11.3 Å². The summed E-state index contributed by atoms with van der Waals surface area (Å²) in [5.41, 5.74) is 6.49. The zero-order valence-electron chi connectivity index (χ0n) is 18.0. The fourth-order valence-corrected chi connectivity index (χ4v) is 4.27. The summed E-state index contributed by atoms with van der Waals surface area (Å²) in [6.45, 7) is 5.22. The van der Waals surface area contributed by atoms with E-state index < -0.39 is 0 Å². The van der Waals surface area contributed by atoms with E-state index in [1.807, 2.05) is 12.1 Å². The van der Waals surface area contributed by atoms with Gasteiger partial charge >= 0.3 is 0 Å². The predicted octanol–water partition coefficient (Wildman–Crippen LogP) is 3.46. The lowest BCUT2D eigenvalue weighted by Crippen LogP contribution is -2.47. The molecule has 3 N–H and O–H groups in total. The molecule has 1 aromatic rings. The van der Waals surface area contributed by atoms with Crippen molar-refractivity contribution in [1.82, 2.24) is 15.2 Å². The van der Waals surface area contributed by atoms with Gasteiger partial charge in [-0.25, -0.2) is 9.98 Å². The molecule has 7 nitrogen and oxygen atoms in total. The Kier molecular flexibility index (Phi) is 10.7. The Balaban J connectivity index is 0.00000320. The van der Waals surface area contributed by atoms with Crippen LogP contribution >= 0.6 is 24.0 Å². The highest BCUT2D eigenvalue weighted by atomic mass is 127. The molecule has 1 aliphatic carbocycles. The number of carbonyl (C=O) groups excluding carboxylic acids is 1. The number of rotatable bonds is 7. The maximum absolute atomic E-state index is 11.3. The fraction of sp³-hybridized carbons (Fsp3) is 0.682. The maximum Gasteiger partial charge on any atom is 0.217 e. The monoisotopic (exact) mass is 529 g/mol. The standard InChI is InChI=1S/C22H35N5O2.HI/c1-2-24-22(27-12-6-7-18(16-27)13-20(23)28)26-15-17-10-11-25-21(14-17)29-19-8-4-3-5-9-19;/h10-11,14,18-19H,2-9,12-13,15-16H2,1H3,(H2,23,28)(H,24,26);1H. The van der Waals surface area contributed by atoms with Crippen molar-refractivity contribution in [2.24, 2.45) is 16.6 Å². The van der Waals surface area contributed by atoms with Gasteiger partial charge in [0.25, 0.3) is 0 Å². The number of carbonyl (C=O) groups is 1. The molecule has 1 unspecified atom stereocenters. The molecule has 2 aliphatic rings. The number of aromatic nitrogens is 1. The summed E-state index contributed by atoms with van der Waals surface area (Å²) in [7, 11) is 0. The van der Waals surface area contributed by atoms with E-state index in [2.05, 4.69) is 22.1 Å². The van der Waals surface area contributed by atoms with Crippen LogP contribution in [0.4, 0.5) is 0 Å². The summed E-state index contributed by atoms with van der Waals surface area (Å²) in [5, 5.41) is 3.39. The zero-order valence-corrected chi connectivity index (χ0v) is 20.3. The van der Waals surface area contributed by atoms with Crippen LogP contribution in [0, 0.1) is 5.92 Å². The van der Waals surface area contributed by atoms with E-state index in [0.717, 1.165) is 56.8 Å². The number of halogens is 1. The van der Waals surface area contributed by atoms with Crippen molar-refractivity contribution in [2.75, 3.05) is 19.6 Å². The average molecular weight is 529 g/mol. The van der Waals surface area contributed by atoms with Gasteiger partial charge in [-0.3, -0.25) is 4.79 Å². The molecule has 0 aromatic carbocycles. The summed E-state index contributed by atoms with van der Waals surface area (Å²) in [4.78, 5) is 22.8. The summed E-state index contributed by atoms with van der Waals surface area (Å²) in [6, 6.07) is 4.00. The number of nitrogens with one attached hydrogen (secondary N) is 1. The van der Waals surface area contributed by atoms with Crippen LogP contribution in [0.25, 0.3) is 0 Å². The van der Waals surface area contributed by atoms with Crippen LogP contribution in [0.2, 0.25) is 0 Å². The van der Waals surface area contributed by atoms with Gasteiger partial charge in [-0.05, 0) is 63.0 Å².